The van der Waals surface area contributed by atoms with Crippen LogP contribution in [0.4, 0.5) is 15.3 Å². The number of carbonyl (C=O) groups excluding carboxylic acids is 5. The molecule has 3 aromatic carbocycles. The number of carbonyl (C=O) groups is 5. The second kappa shape index (κ2) is 19.6. The zero-order valence-electron chi connectivity index (χ0n) is 36.7. The Morgan fingerprint density at radius 3 is 2.16 bits per heavy atom. The predicted molar refractivity (Wildman–Crippen MR) is 234 cm³/mol. The van der Waals surface area contributed by atoms with E-state index < -0.39 is 23.3 Å². The van der Waals surface area contributed by atoms with Crippen LogP contribution in [-0.2, 0) is 25.5 Å². The van der Waals surface area contributed by atoms with E-state index in [2.05, 4.69) is 41.9 Å². The Kier molecular flexibility index (Phi) is 14.3. The summed E-state index contributed by atoms with van der Waals surface area (Å²) in [5, 5.41) is 26.0. The number of aromatic nitrogens is 4. The van der Waals surface area contributed by atoms with Gasteiger partial charge in [0.05, 0.1) is 0 Å². The van der Waals surface area contributed by atoms with Crippen molar-refractivity contribution < 1.29 is 33.4 Å². The Morgan fingerprint density at radius 1 is 0.839 bits per heavy atom. The van der Waals surface area contributed by atoms with Crippen LogP contribution < -0.4 is 21.3 Å². The zero-order valence-corrected chi connectivity index (χ0v) is 36.7. The second-order valence-corrected chi connectivity index (χ2v) is 18.3. The van der Waals surface area contributed by atoms with Gasteiger partial charge in [0.2, 0.25) is 17.6 Å². The quantitative estimate of drug-likeness (QED) is 0.103. The maximum atomic E-state index is 13.9. The second-order valence-electron chi connectivity index (χ2n) is 18.3. The zero-order chi connectivity index (χ0) is 44.6. The first-order chi connectivity index (χ1) is 29.4. The highest BCUT2D eigenvalue weighted by Gasteiger charge is 2.32. The van der Waals surface area contributed by atoms with Gasteiger partial charge in [-0.2, -0.15) is 5.21 Å². The smallest absolute Gasteiger partial charge is 0.410 e. The third-order valence-corrected chi connectivity index (χ3v) is 10.9. The summed E-state index contributed by atoms with van der Waals surface area (Å²) in [4.78, 5) is 67.5. The van der Waals surface area contributed by atoms with Gasteiger partial charge in [0.15, 0.2) is 0 Å². The Hall–Kier alpha value is -6.32. The SMILES string of the molecule is Cc1ccc(C(=O)N[C@@H]2CCN(C(=O)OC(C)(C)C)C2)cc1-c1ccc(C[C@H](NC(=O)C2CCC(CNC(=O)OC(C)(C)C)CC2)C(=O)Nc2ccc(-c3nn[nH]n3)cc2)cc1. The van der Waals surface area contributed by atoms with Crippen LogP contribution in [0.3, 0.4) is 0 Å². The minimum absolute atomic E-state index is 0.186. The van der Waals surface area contributed by atoms with Crippen LogP contribution >= 0.6 is 0 Å². The number of likely N-dealkylation sites (tertiary alicyclic amines) is 1. The van der Waals surface area contributed by atoms with E-state index >= 15 is 0 Å². The number of amides is 5. The fourth-order valence-corrected chi connectivity index (χ4v) is 7.66. The number of H-pyrrole nitrogens is 1. The molecule has 1 aliphatic carbocycles. The number of alkyl carbamates (subject to hydrolysis) is 1. The van der Waals surface area contributed by atoms with Crippen LogP contribution in [0, 0.1) is 18.8 Å². The van der Waals surface area contributed by atoms with E-state index in [1.807, 2.05) is 84.9 Å². The number of hydrogen-bond acceptors (Lipinski definition) is 10. The summed E-state index contributed by atoms with van der Waals surface area (Å²) >= 11 is 0. The molecule has 0 spiro atoms. The number of aryl methyl sites for hydroxylation is 1. The lowest BCUT2D eigenvalue weighted by molar-refractivity contribution is -0.130. The van der Waals surface area contributed by atoms with Crippen molar-refractivity contribution in [3.05, 3.63) is 83.4 Å². The van der Waals surface area contributed by atoms with Gasteiger partial charge in [0.25, 0.3) is 5.91 Å². The van der Waals surface area contributed by atoms with Crippen molar-refractivity contribution in [2.75, 3.05) is 25.0 Å². The van der Waals surface area contributed by atoms with Gasteiger partial charge in [-0.25, -0.2) is 9.59 Å². The molecule has 2 atom stereocenters. The molecule has 2 heterocycles. The number of nitrogens with zero attached hydrogens (tertiary/aromatic N) is 4. The standard InChI is InChI=1S/C46H59N9O7/c1-28-8-13-34(41(57)49-36-22-23-55(27-36)44(60)62-46(5,6)7)25-37(28)31-14-9-29(10-15-31)24-38(42(58)48-35-20-18-32(19-21-35)39-51-53-54-52-39)50-40(56)33-16-11-30(12-17-33)26-47-43(59)61-45(2,3)4/h8-10,13-15,18-21,25,30,33,36,38H,11-12,16-17,22-24,26-27H2,1-7H3,(H,47,59)(H,48,58)(H,49,57)(H,50,56)(H,51,52,53,54)/t30?,33?,36-,38+/m1/s1. The number of anilines is 1. The maximum Gasteiger partial charge on any atom is 0.410 e. The van der Waals surface area contributed by atoms with E-state index in [1.165, 1.54) is 0 Å². The molecular weight excluding hydrogens is 791 g/mol. The number of rotatable bonds is 12. The number of hydrogen-bond donors (Lipinski definition) is 5. The number of tetrazole rings is 1. The molecule has 5 amide bonds. The Bertz CT molecular complexity index is 2190. The topological polar surface area (TPSA) is 210 Å². The number of nitrogens with one attached hydrogen (secondary N) is 5. The normalized spacial score (nSPS) is 18.3. The first kappa shape index (κ1) is 45.2. The van der Waals surface area contributed by atoms with Gasteiger partial charge >= 0.3 is 12.2 Å². The molecule has 1 aliphatic heterocycles. The molecule has 6 rings (SSSR count). The van der Waals surface area contributed by atoms with Crippen LogP contribution in [0.1, 0.15) is 95.1 Å². The third-order valence-electron chi connectivity index (χ3n) is 10.9. The minimum atomic E-state index is -0.882. The molecule has 16 nitrogen and oxygen atoms in total. The van der Waals surface area contributed by atoms with E-state index in [4.69, 9.17) is 9.47 Å². The molecule has 1 saturated heterocycles. The summed E-state index contributed by atoms with van der Waals surface area (Å²) in [6.45, 7) is 14.3. The van der Waals surface area contributed by atoms with E-state index in [1.54, 1.807) is 35.2 Å². The largest absolute Gasteiger partial charge is 0.444 e. The third kappa shape index (κ3) is 12.8. The molecule has 16 heteroatoms. The van der Waals surface area contributed by atoms with Crippen molar-refractivity contribution in [2.24, 2.45) is 11.8 Å². The molecule has 2 aliphatic rings. The molecule has 330 valence electrons. The van der Waals surface area contributed by atoms with Gasteiger partial charge in [-0.05, 0) is 150 Å². The van der Waals surface area contributed by atoms with Crippen molar-refractivity contribution in [1.82, 2.24) is 41.5 Å². The van der Waals surface area contributed by atoms with Gasteiger partial charge in [0, 0.05) is 54.8 Å². The predicted octanol–water partition coefficient (Wildman–Crippen LogP) is 6.58. The van der Waals surface area contributed by atoms with Crippen molar-refractivity contribution in [3.8, 4) is 22.5 Å². The number of aromatic amines is 1. The lowest BCUT2D eigenvalue weighted by atomic mass is 9.81. The van der Waals surface area contributed by atoms with Gasteiger partial charge in [-0.1, -0.05) is 30.3 Å². The van der Waals surface area contributed by atoms with Crippen LogP contribution in [0.15, 0.2) is 66.7 Å². The molecule has 0 unspecified atom stereocenters. The van der Waals surface area contributed by atoms with Crippen LogP contribution in [0.5, 0.6) is 0 Å². The first-order valence-electron chi connectivity index (χ1n) is 21.3. The highest BCUT2D eigenvalue weighted by atomic mass is 16.6. The summed E-state index contributed by atoms with van der Waals surface area (Å²) in [5.41, 5.74) is 4.18. The van der Waals surface area contributed by atoms with E-state index in [9.17, 15) is 24.0 Å². The fraction of sp³-hybridized carbons (Fsp3) is 0.478. The lowest BCUT2D eigenvalue weighted by Crippen LogP contribution is -2.48. The molecule has 1 saturated carbocycles. The Balaban J connectivity index is 1.10. The van der Waals surface area contributed by atoms with Crippen molar-refractivity contribution >= 4 is 35.6 Å². The first-order valence-corrected chi connectivity index (χ1v) is 21.3. The average molecular weight is 850 g/mol. The van der Waals surface area contributed by atoms with Crippen molar-refractivity contribution in [2.45, 2.75) is 110 Å². The molecule has 5 N–H and O–H groups in total. The molecular formula is C46H59N9O7. The monoisotopic (exact) mass is 849 g/mol. The summed E-state index contributed by atoms with van der Waals surface area (Å²) < 4.78 is 10.9. The highest BCUT2D eigenvalue weighted by Crippen LogP contribution is 2.30. The molecule has 0 bridgehead atoms. The van der Waals surface area contributed by atoms with Gasteiger partial charge in [-0.15, -0.1) is 10.2 Å². The lowest BCUT2D eigenvalue weighted by Gasteiger charge is -2.29. The summed E-state index contributed by atoms with van der Waals surface area (Å²) in [5.74, 6) is -0.398. The van der Waals surface area contributed by atoms with Gasteiger partial charge in [0.1, 0.15) is 17.2 Å². The number of ether oxygens (including phenoxy) is 2. The van der Waals surface area contributed by atoms with Gasteiger partial charge < -0.3 is 35.6 Å². The summed E-state index contributed by atoms with van der Waals surface area (Å²) in [6.07, 6.45) is 2.81. The molecule has 1 aromatic heterocycles. The minimum Gasteiger partial charge on any atom is -0.444 e. The van der Waals surface area contributed by atoms with Crippen LogP contribution in [0.25, 0.3) is 22.5 Å². The van der Waals surface area contributed by atoms with Crippen molar-refractivity contribution in [1.29, 1.82) is 0 Å². The fourth-order valence-electron chi connectivity index (χ4n) is 7.66. The molecule has 4 aromatic rings. The Labute approximate surface area is 362 Å². The molecule has 62 heavy (non-hydrogen) atoms. The van der Waals surface area contributed by atoms with Crippen LogP contribution in [0.2, 0.25) is 0 Å². The summed E-state index contributed by atoms with van der Waals surface area (Å²) in [6, 6.07) is 19.3. The van der Waals surface area contributed by atoms with Crippen LogP contribution in [-0.4, -0.2) is 98.4 Å². The Morgan fingerprint density at radius 2 is 1.52 bits per heavy atom. The van der Waals surface area contributed by atoms with Gasteiger partial charge in [-0.3, -0.25) is 14.4 Å². The molecule has 0 radical (unpaired) electrons. The van der Waals surface area contributed by atoms with E-state index in [0.29, 0.717) is 56.0 Å². The maximum absolute atomic E-state index is 13.9. The summed E-state index contributed by atoms with van der Waals surface area (Å²) in [7, 11) is 0. The average Bonchev–Trinajstić information content (AvgIpc) is 3.93. The van der Waals surface area contributed by atoms with Crippen molar-refractivity contribution in [3.63, 3.8) is 0 Å². The molecule has 2 fully saturated rings. The van der Waals surface area contributed by atoms with E-state index in [-0.39, 0.29) is 48.1 Å². The highest BCUT2D eigenvalue weighted by molar-refractivity contribution is 5.98. The van der Waals surface area contributed by atoms with E-state index in [0.717, 1.165) is 40.7 Å². The number of benzene rings is 3.